The first kappa shape index (κ1) is 14.1. The predicted octanol–water partition coefficient (Wildman–Crippen LogP) is 3.33. The Morgan fingerprint density at radius 3 is 3.00 bits per heavy atom. The first-order valence-corrected chi connectivity index (χ1v) is 8.13. The molecule has 0 bridgehead atoms. The van der Waals surface area contributed by atoms with Crippen molar-refractivity contribution in [3.63, 3.8) is 0 Å². The number of nitrogens with zero attached hydrogens (tertiary/aromatic N) is 1. The Labute approximate surface area is 122 Å². The summed E-state index contributed by atoms with van der Waals surface area (Å²) < 4.78 is 0. The number of rotatable bonds is 3. The van der Waals surface area contributed by atoms with Gasteiger partial charge in [0.15, 0.2) is 0 Å². The minimum Gasteiger partial charge on any atom is -0.385 e. The van der Waals surface area contributed by atoms with Crippen LogP contribution >= 0.6 is 0 Å². The van der Waals surface area contributed by atoms with E-state index >= 15 is 0 Å². The van der Waals surface area contributed by atoms with E-state index in [2.05, 4.69) is 43.0 Å². The maximum Gasteiger partial charge on any atom is 0.0923 e. The van der Waals surface area contributed by atoms with E-state index in [-0.39, 0.29) is 0 Å². The average Bonchev–Trinajstić information content (AvgIpc) is 2.85. The summed E-state index contributed by atoms with van der Waals surface area (Å²) in [5, 5.41) is 11.1. The van der Waals surface area contributed by atoms with Crippen LogP contribution in [0.4, 0.5) is 0 Å². The quantitative estimate of drug-likeness (QED) is 0.913. The van der Waals surface area contributed by atoms with Crippen molar-refractivity contribution in [2.24, 2.45) is 5.92 Å². The second-order valence-electron chi connectivity index (χ2n) is 7.12. The van der Waals surface area contributed by atoms with Crippen LogP contribution in [0.1, 0.15) is 50.7 Å². The smallest absolute Gasteiger partial charge is 0.0923 e. The highest BCUT2D eigenvalue weighted by Crippen LogP contribution is 2.39. The lowest BCUT2D eigenvalue weighted by Gasteiger charge is -2.41. The van der Waals surface area contributed by atoms with Crippen LogP contribution in [0, 0.1) is 5.92 Å². The van der Waals surface area contributed by atoms with E-state index in [9.17, 15) is 5.11 Å². The Balaban J connectivity index is 1.80. The van der Waals surface area contributed by atoms with Crippen LogP contribution in [0.3, 0.4) is 0 Å². The number of fused-ring (bicyclic) bond motifs is 1. The van der Waals surface area contributed by atoms with Gasteiger partial charge in [0, 0.05) is 12.6 Å². The molecule has 0 amide bonds. The Kier molecular flexibility index (Phi) is 3.87. The van der Waals surface area contributed by atoms with E-state index in [0.717, 1.165) is 31.4 Å². The molecule has 0 aliphatic carbocycles. The molecule has 2 unspecified atom stereocenters. The lowest BCUT2D eigenvalue weighted by atomic mass is 9.80. The van der Waals surface area contributed by atoms with Crippen molar-refractivity contribution in [1.29, 1.82) is 0 Å². The Hall–Kier alpha value is -0.860. The predicted molar refractivity (Wildman–Crippen MR) is 82.7 cm³/mol. The Bertz CT molecular complexity index is 470. The average molecular weight is 273 g/mol. The maximum atomic E-state index is 11.1. The Morgan fingerprint density at radius 2 is 2.20 bits per heavy atom. The highest BCUT2D eigenvalue weighted by Gasteiger charge is 2.41. The van der Waals surface area contributed by atoms with Crippen LogP contribution in [0.25, 0.3) is 0 Å². The van der Waals surface area contributed by atoms with Crippen molar-refractivity contribution >= 4 is 0 Å². The zero-order valence-electron chi connectivity index (χ0n) is 12.8. The zero-order chi connectivity index (χ0) is 14.2. The van der Waals surface area contributed by atoms with Gasteiger partial charge in [0.2, 0.25) is 0 Å². The fourth-order valence-corrected chi connectivity index (χ4v) is 3.96. The van der Waals surface area contributed by atoms with Gasteiger partial charge >= 0.3 is 0 Å². The molecule has 2 heterocycles. The van der Waals surface area contributed by atoms with Crippen molar-refractivity contribution < 1.29 is 5.11 Å². The van der Waals surface area contributed by atoms with Crippen LogP contribution in [-0.4, -0.2) is 29.1 Å². The SMILES string of the molecule is CC(C)Cc1cccc(C2(O)CCN3CCCC3C2)c1. The number of hydrogen-bond acceptors (Lipinski definition) is 2. The number of piperidine rings is 1. The summed E-state index contributed by atoms with van der Waals surface area (Å²) in [5.74, 6) is 0.663. The van der Waals surface area contributed by atoms with Gasteiger partial charge in [0.05, 0.1) is 5.60 Å². The fraction of sp³-hybridized carbons (Fsp3) is 0.667. The van der Waals surface area contributed by atoms with Crippen LogP contribution in [0.5, 0.6) is 0 Å². The minimum absolute atomic E-state index is 0.599. The molecular formula is C18H27NO. The highest BCUT2D eigenvalue weighted by atomic mass is 16.3. The molecular weight excluding hydrogens is 246 g/mol. The van der Waals surface area contributed by atoms with Crippen molar-refractivity contribution in [2.45, 2.75) is 57.6 Å². The third kappa shape index (κ3) is 2.77. The Morgan fingerprint density at radius 1 is 1.35 bits per heavy atom. The molecule has 2 aliphatic rings. The molecule has 2 saturated heterocycles. The minimum atomic E-state index is -0.599. The van der Waals surface area contributed by atoms with E-state index in [1.54, 1.807) is 0 Å². The molecule has 1 aromatic carbocycles. The van der Waals surface area contributed by atoms with Gasteiger partial charge in [-0.2, -0.15) is 0 Å². The summed E-state index contributed by atoms with van der Waals surface area (Å²) in [5.41, 5.74) is 1.90. The summed E-state index contributed by atoms with van der Waals surface area (Å²) >= 11 is 0. The van der Waals surface area contributed by atoms with Crippen molar-refractivity contribution in [2.75, 3.05) is 13.1 Å². The van der Waals surface area contributed by atoms with Crippen molar-refractivity contribution in [3.8, 4) is 0 Å². The molecule has 1 N–H and O–H groups in total. The molecule has 20 heavy (non-hydrogen) atoms. The topological polar surface area (TPSA) is 23.5 Å². The molecule has 1 aromatic rings. The second-order valence-corrected chi connectivity index (χ2v) is 7.12. The summed E-state index contributed by atoms with van der Waals surface area (Å²) in [6.07, 6.45) is 5.45. The third-order valence-electron chi connectivity index (χ3n) is 4.99. The number of aliphatic hydroxyl groups is 1. The molecule has 0 radical (unpaired) electrons. The van der Waals surface area contributed by atoms with E-state index < -0.39 is 5.60 Å². The van der Waals surface area contributed by atoms with E-state index in [4.69, 9.17) is 0 Å². The summed E-state index contributed by atoms with van der Waals surface area (Å²) in [7, 11) is 0. The third-order valence-corrected chi connectivity index (χ3v) is 4.99. The van der Waals surface area contributed by atoms with Gasteiger partial charge in [-0.25, -0.2) is 0 Å². The fourth-order valence-electron chi connectivity index (χ4n) is 3.96. The van der Waals surface area contributed by atoms with Gasteiger partial charge in [-0.15, -0.1) is 0 Å². The van der Waals surface area contributed by atoms with Gasteiger partial charge in [-0.1, -0.05) is 38.1 Å². The standard InChI is InChI=1S/C18H27NO/c1-14(2)11-15-5-3-6-16(12-15)18(20)8-10-19-9-4-7-17(19)13-18/h3,5-6,12,14,17,20H,4,7-11,13H2,1-2H3. The van der Waals surface area contributed by atoms with E-state index in [1.807, 2.05) is 0 Å². The van der Waals surface area contributed by atoms with Crippen molar-refractivity contribution in [1.82, 2.24) is 4.90 Å². The summed E-state index contributed by atoms with van der Waals surface area (Å²) in [4.78, 5) is 2.56. The zero-order valence-corrected chi connectivity index (χ0v) is 12.8. The maximum absolute atomic E-state index is 11.1. The molecule has 2 nitrogen and oxygen atoms in total. The second kappa shape index (κ2) is 5.50. The summed E-state index contributed by atoms with van der Waals surface area (Å²) in [6, 6.07) is 9.27. The van der Waals surface area contributed by atoms with Gasteiger partial charge in [0.1, 0.15) is 0 Å². The van der Waals surface area contributed by atoms with Crippen molar-refractivity contribution in [3.05, 3.63) is 35.4 Å². The van der Waals surface area contributed by atoms with Crippen LogP contribution in [-0.2, 0) is 12.0 Å². The van der Waals surface area contributed by atoms with E-state index in [0.29, 0.717) is 12.0 Å². The molecule has 2 heteroatoms. The highest BCUT2D eigenvalue weighted by molar-refractivity contribution is 5.29. The van der Waals surface area contributed by atoms with Crippen LogP contribution < -0.4 is 0 Å². The normalized spacial score (nSPS) is 30.7. The molecule has 110 valence electrons. The van der Waals surface area contributed by atoms with Gasteiger partial charge in [-0.3, -0.25) is 0 Å². The molecule has 2 fully saturated rings. The largest absolute Gasteiger partial charge is 0.385 e. The monoisotopic (exact) mass is 273 g/mol. The van der Waals surface area contributed by atoms with Gasteiger partial charge in [-0.05, 0) is 55.7 Å². The first-order chi connectivity index (χ1) is 9.57. The van der Waals surface area contributed by atoms with E-state index in [1.165, 1.54) is 24.9 Å². The molecule has 0 spiro atoms. The molecule has 3 rings (SSSR count). The number of benzene rings is 1. The lowest BCUT2D eigenvalue weighted by molar-refractivity contribution is -0.0409. The summed E-state index contributed by atoms with van der Waals surface area (Å²) in [6.45, 7) is 6.78. The first-order valence-electron chi connectivity index (χ1n) is 8.13. The lowest BCUT2D eigenvalue weighted by Crippen LogP contribution is -2.46. The van der Waals surface area contributed by atoms with Crippen LogP contribution in [0.15, 0.2) is 24.3 Å². The molecule has 0 aromatic heterocycles. The molecule has 2 atom stereocenters. The van der Waals surface area contributed by atoms with Crippen LogP contribution in [0.2, 0.25) is 0 Å². The molecule has 2 aliphatic heterocycles. The number of hydrogen-bond donors (Lipinski definition) is 1. The van der Waals surface area contributed by atoms with Gasteiger partial charge in [0.25, 0.3) is 0 Å². The van der Waals surface area contributed by atoms with Gasteiger partial charge < -0.3 is 10.0 Å². The molecule has 0 saturated carbocycles.